The van der Waals surface area contributed by atoms with Gasteiger partial charge in [-0.15, -0.1) is 0 Å². The molecule has 1 aliphatic rings. The van der Waals surface area contributed by atoms with Gasteiger partial charge in [-0.3, -0.25) is 4.79 Å². The summed E-state index contributed by atoms with van der Waals surface area (Å²) in [7, 11) is 0. The number of esters is 1. The van der Waals surface area contributed by atoms with Crippen LogP contribution >= 0.6 is 0 Å². The molecule has 1 aliphatic carbocycles. The zero-order valence-electron chi connectivity index (χ0n) is 12.0. The minimum atomic E-state index is -0.0839. The van der Waals surface area contributed by atoms with Crippen molar-refractivity contribution in [1.82, 2.24) is 0 Å². The van der Waals surface area contributed by atoms with Crippen LogP contribution in [0.1, 0.15) is 65.0 Å². The third kappa shape index (κ3) is 4.36. The molecule has 1 aromatic rings. The molecule has 1 atom stereocenters. The fourth-order valence-corrected chi connectivity index (χ4v) is 2.78. The van der Waals surface area contributed by atoms with Crippen molar-refractivity contribution in [3.8, 4) is 0 Å². The third-order valence-electron chi connectivity index (χ3n) is 3.92. The molecule has 0 heterocycles. The van der Waals surface area contributed by atoms with Crippen LogP contribution in [0.4, 0.5) is 0 Å². The lowest BCUT2D eigenvalue weighted by Crippen LogP contribution is -2.24. The molecule has 0 saturated heterocycles. The Bertz CT molecular complexity index is 391. The van der Waals surface area contributed by atoms with Crippen molar-refractivity contribution in [2.45, 2.75) is 59.5 Å². The van der Waals surface area contributed by atoms with E-state index in [1.54, 1.807) is 0 Å². The highest BCUT2D eigenvalue weighted by Gasteiger charge is 2.28. The Morgan fingerprint density at radius 3 is 2.25 bits per heavy atom. The second-order valence-electron chi connectivity index (χ2n) is 5.82. The number of benzene rings is 1. The van der Waals surface area contributed by atoms with E-state index in [4.69, 9.17) is 4.74 Å². The van der Waals surface area contributed by atoms with Crippen LogP contribution in [0.3, 0.4) is 0 Å². The van der Waals surface area contributed by atoms with Crippen molar-refractivity contribution in [1.29, 1.82) is 0 Å². The zero-order chi connectivity index (χ0) is 13.7. The van der Waals surface area contributed by atoms with E-state index >= 15 is 0 Å². The number of ether oxygens (including phenoxy) is 1. The Morgan fingerprint density at radius 2 is 1.70 bits per heavy atom. The average Bonchev–Trinajstić information content (AvgIpc) is 2.46. The molecule has 0 aliphatic heterocycles. The van der Waals surface area contributed by atoms with Crippen molar-refractivity contribution in [2.75, 3.05) is 0 Å². The lowest BCUT2D eigenvalue weighted by atomic mass is 9.82. The largest absolute Gasteiger partial charge is 0.457 e. The van der Waals surface area contributed by atoms with E-state index in [0.717, 1.165) is 5.56 Å². The lowest BCUT2D eigenvalue weighted by molar-refractivity contribution is -0.157. The number of rotatable bonds is 4. The summed E-state index contributed by atoms with van der Waals surface area (Å²) in [4.78, 5) is 11.9. The molecule has 0 N–H and O–H groups in total. The van der Waals surface area contributed by atoms with Crippen LogP contribution in [0.5, 0.6) is 0 Å². The van der Waals surface area contributed by atoms with Gasteiger partial charge in [-0.1, -0.05) is 70.9 Å². The van der Waals surface area contributed by atoms with Gasteiger partial charge in [0.2, 0.25) is 0 Å². The molecule has 0 bridgehead atoms. The standard InChI is InChI=1S/C17H24O2.CH4/c1-13(2)17(18)19-16(14-9-5-3-6-10-14)15-11-7-4-8-12-15;/h3,5-6,9-10,13,15-16H,4,7-8,11-12H2,1-2H3;1H4. The molecule has 112 valence electrons. The Balaban J connectivity index is 0.00000200. The first-order chi connectivity index (χ1) is 9.18. The SMILES string of the molecule is C.CC(C)C(=O)OC(c1ccccc1)C1CCCCC1. The van der Waals surface area contributed by atoms with Gasteiger partial charge in [0.25, 0.3) is 0 Å². The van der Waals surface area contributed by atoms with Gasteiger partial charge in [-0.25, -0.2) is 0 Å². The molecule has 0 amide bonds. The van der Waals surface area contributed by atoms with Crippen molar-refractivity contribution in [3.63, 3.8) is 0 Å². The number of hydrogen-bond donors (Lipinski definition) is 0. The molecule has 1 saturated carbocycles. The van der Waals surface area contributed by atoms with Crippen LogP contribution in [0.2, 0.25) is 0 Å². The zero-order valence-corrected chi connectivity index (χ0v) is 12.0. The summed E-state index contributed by atoms with van der Waals surface area (Å²) >= 11 is 0. The molecule has 20 heavy (non-hydrogen) atoms. The topological polar surface area (TPSA) is 26.3 Å². The molecule has 0 spiro atoms. The van der Waals surface area contributed by atoms with Crippen molar-refractivity contribution in [3.05, 3.63) is 35.9 Å². The highest BCUT2D eigenvalue weighted by atomic mass is 16.5. The van der Waals surface area contributed by atoms with E-state index in [-0.39, 0.29) is 25.4 Å². The summed E-state index contributed by atoms with van der Waals surface area (Å²) in [6.07, 6.45) is 6.11. The Morgan fingerprint density at radius 1 is 1.10 bits per heavy atom. The molecule has 2 heteroatoms. The van der Waals surface area contributed by atoms with Gasteiger partial charge in [0.05, 0.1) is 5.92 Å². The second-order valence-corrected chi connectivity index (χ2v) is 5.82. The van der Waals surface area contributed by atoms with Crippen molar-refractivity contribution >= 4 is 5.97 Å². The molecular weight excluding hydrogens is 248 g/mol. The maximum Gasteiger partial charge on any atom is 0.308 e. The van der Waals surface area contributed by atoms with E-state index in [2.05, 4.69) is 12.1 Å². The second kappa shape index (κ2) is 8.08. The fraction of sp³-hybridized carbons (Fsp3) is 0.611. The predicted octanol–water partition coefficient (Wildman–Crippen LogP) is 5.14. The molecular formula is C18H28O2. The first kappa shape index (κ1) is 16.7. The Labute approximate surface area is 123 Å². The summed E-state index contributed by atoms with van der Waals surface area (Å²) in [5.74, 6) is 0.341. The van der Waals surface area contributed by atoms with Gasteiger partial charge >= 0.3 is 5.97 Å². The summed E-state index contributed by atoms with van der Waals surface area (Å²) in [6, 6.07) is 10.2. The van der Waals surface area contributed by atoms with Gasteiger partial charge in [0.1, 0.15) is 6.10 Å². The van der Waals surface area contributed by atoms with Gasteiger partial charge in [-0.2, -0.15) is 0 Å². The van der Waals surface area contributed by atoms with Gasteiger partial charge < -0.3 is 4.74 Å². The molecule has 0 radical (unpaired) electrons. The minimum absolute atomic E-state index is 0. The molecule has 2 rings (SSSR count). The van der Waals surface area contributed by atoms with Crippen molar-refractivity contribution in [2.24, 2.45) is 11.8 Å². The molecule has 0 aromatic heterocycles. The first-order valence-corrected chi connectivity index (χ1v) is 7.44. The first-order valence-electron chi connectivity index (χ1n) is 7.44. The Kier molecular flexibility index (Phi) is 6.77. The highest BCUT2D eigenvalue weighted by Crippen LogP contribution is 2.37. The van der Waals surface area contributed by atoms with Crippen LogP contribution in [-0.4, -0.2) is 5.97 Å². The molecule has 2 nitrogen and oxygen atoms in total. The van der Waals surface area contributed by atoms with Gasteiger partial charge in [-0.05, 0) is 18.4 Å². The van der Waals surface area contributed by atoms with Crippen molar-refractivity contribution < 1.29 is 9.53 Å². The quantitative estimate of drug-likeness (QED) is 0.711. The predicted molar refractivity (Wildman–Crippen MR) is 83.4 cm³/mol. The van der Waals surface area contributed by atoms with E-state index < -0.39 is 0 Å². The molecule has 1 fully saturated rings. The fourth-order valence-electron chi connectivity index (χ4n) is 2.78. The monoisotopic (exact) mass is 276 g/mol. The van der Waals surface area contributed by atoms with E-state index in [1.807, 2.05) is 32.0 Å². The average molecular weight is 276 g/mol. The van der Waals surface area contributed by atoms with Crippen LogP contribution < -0.4 is 0 Å². The lowest BCUT2D eigenvalue weighted by Gasteiger charge is -2.30. The maximum atomic E-state index is 11.9. The minimum Gasteiger partial charge on any atom is -0.457 e. The summed E-state index contributed by atoms with van der Waals surface area (Å²) in [5, 5.41) is 0. The number of hydrogen-bond acceptors (Lipinski definition) is 2. The summed E-state index contributed by atoms with van der Waals surface area (Å²) in [5.41, 5.74) is 1.14. The molecule has 1 aromatic carbocycles. The third-order valence-corrected chi connectivity index (χ3v) is 3.92. The highest BCUT2D eigenvalue weighted by molar-refractivity contribution is 5.71. The number of carbonyl (C=O) groups excluding carboxylic acids is 1. The van der Waals surface area contributed by atoms with Crippen LogP contribution in [0.25, 0.3) is 0 Å². The normalized spacial score (nSPS) is 17.4. The van der Waals surface area contributed by atoms with Crippen LogP contribution in [-0.2, 0) is 9.53 Å². The smallest absolute Gasteiger partial charge is 0.308 e. The van der Waals surface area contributed by atoms with E-state index in [0.29, 0.717) is 5.92 Å². The summed E-state index contributed by atoms with van der Waals surface area (Å²) < 4.78 is 5.80. The van der Waals surface area contributed by atoms with E-state index in [9.17, 15) is 4.79 Å². The van der Waals surface area contributed by atoms with Crippen LogP contribution in [0.15, 0.2) is 30.3 Å². The van der Waals surface area contributed by atoms with E-state index in [1.165, 1.54) is 32.1 Å². The number of carbonyl (C=O) groups is 1. The van der Waals surface area contributed by atoms with Crippen LogP contribution in [0, 0.1) is 11.8 Å². The van der Waals surface area contributed by atoms with Gasteiger partial charge in [0, 0.05) is 5.92 Å². The molecule has 1 unspecified atom stereocenters. The summed E-state index contributed by atoms with van der Waals surface area (Å²) in [6.45, 7) is 3.79. The maximum absolute atomic E-state index is 11.9. The Hall–Kier alpha value is -1.31. The van der Waals surface area contributed by atoms with Gasteiger partial charge in [0.15, 0.2) is 0 Å².